The lowest BCUT2D eigenvalue weighted by Crippen LogP contribution is -2.37. The van der Waals surface area contributed by atoms with E-state index in [9.17, 15) is 5.11 Å². The number of nitrogens with one attached hydrogen (secondary N) is 1. The van der Waals surface area contributed by atoms with Crippen LogP contribution in [0.15, 0.2) is 24.3 Å². The smallest absolute Gasteiger partial charge is 0.102 e. The molecule has 0 amide bonds. The van der Waals surface area contributed by atoms with Gasteiger partial charge in [-0.1, -0.05) is 37.6 Å². The van der Waals surface area contributed by atoms with Gasteiger partial charge in [0.1, 0.15) is 5.60 Å². The summed E-state index contributed by atoms with van der Waals surface area (Å²) in [7, 11) is 0. The van der Waals surface area contributed by atoms with Crippen LogP contribution < -0.4 is 5.32 Å². The lowest BCUT2D eigenvalue weighted by molar-refractivity contribution is 0.0329. The van der Waals surface area contributed by atoms with Crippen LogP contribution in [0.2, 0.25) is 5.02 Å². The molecular weight excluding hydrogens is 222 g/mol. The highest BCUT2D eigenvalue weighted by Gasteiger charge is 2.26. The zero-order valence-electron chi connectivity index (χ0n) is 9.96. The molecule has 0 spiro atoms. The van der Waals surface area contributed by atoms with E-state index in [-0.39, 0.29) is 0 Å². The highest BCUT2D eigenvalue weighted by molar-refractivity contribution is 6.30. The standard InChI is InChI=1S/C13H20ClNO/c1-3-9-15-10-13(16,4-2)11-5-7-12(14)8-6-11/h5-8,15-16H,3-4,9-10H2,1-2H3. The first kappa shape index (κ1) is 13.5. The molecule has 0 saturated heterocycles. The van der Waals surface area contributed by atoms with Gasteiger partial charge in [0.05, 0.1) is 0 Å². The molecule has 0 aliphatic carbocycles. The molecule has 0 aromatic heterocycles. The predicted octanol–water partition coefficient (Wildman–Crippen LogP) is 2.94. The van der Waals surface area contributed by atoms with Gasteiger partial charge in [-0.05, 0) is 37.1 Å². The minimum atomic E-state index is -0.792. The maximum absolute atomic E-state index is 10.5. The molecule has 1 rings (SSSR count). The Bertz CT molecular complexity index is 312. The SMILES string of the molecule is CCCNCC(O)(CC)c1ccc(Cl)cc1. The van der Waals surface area contributed by atoms with E-state index in [1.54, 1.807) is 0 Å². The van der Waals surface area contributed by atoms with Gasteiger partial charge in [-0.2, -0.15) is 0 Å². The Labute approximate surface area is 103 Å². The van der Waals surface area contributed by atoms with Crippen LogP contribution in [0.4, 0.5) is 0 Å². The van der Waals surface area contributed by atoms with Gasteiger partial charge in [-0.25, -0.2) is 0 Å². The van der Waals surface area contributed by atoms with Gasteiger partial charge in [0.25, 0.3) is 0 Å². The third kappa shape index (κ3) is 3.48. The molecule has 0 bridgehead atoms. The monoisotopic (exact) mass is 241 g/mol. The van der Waals surface area contributed by atoms with Gasteiger partial charge in [-0.15, -0.1) is 0 Å². The fourth-order valence-corrected chi connectivity index (χ4v) is 1.79. The largest absolute Gasteiger partial charge is 0.384 e. The van der Waals surface area contributed by atoms with E-state index in [1.807, 2.05) is 31.2 Å². The van der Waals surface area contributed by atoms with Gasteiger partial charge in [-0.3, -0.25) is 0 Å². The fourth-order valence-electron chi connectivity index (χ4n) is 1.66. The number of rotatable bonds is 6. The second-order valence-corrected chi connectivity index (χ2v) is 4.51. The summed E-state index contributed by atoms with van der Waals surface area (Å²) in [5.41, 5.74) is 0.128. The van der Waals surface area contributed by atoms with E-state index in [1.165, 1.54) is 0 Å². The van der Waals surface area contributed by atoms with Crippen molar-refractivity contribution in [1.82, 2.24) is 5.32 Å². The molecule has 1 atom stereocenters. The van der Waals surface area contributed by atoms with Crippen molar-refractivity contribution in [3.63, 3.8) is 0 Å². The highest BCUT2D eigenvalue weighted by atomic mass is 35.5. The summed E-state index contributed by atoms with van der Waals surface area (Å²) >= 11 is 5.83. The molecule has 0 aliphatic heterocycles. The molecule has 0 fully saturated rings. The summed E-state index contributed by atoms with van der Waals surface area (Å²) in [6.07, 6.45) is 1.76. The zero-order chi connectivity index (χ0) is 12.0. The molecule has 1 aromatic carbocycles. The quantitative estimate of drug-likeness (QED) is 0.751. The van der Waals surface area contributed by atoms with Crippen LogP contribution >= 0.6 is 11.6 Å². The van der Waals surface area contributed by atoms with Crippen molar-refractivity contribution >= 4 is 11.6 Å². The molecule has 1 aromatic rings. The van der Waals surface area contributed by atoms with Gasteiger partial charge < -0.3 is 10.4 Å². The van der Waals surface area contributed by atoms with Crippen LogP contribution in [-0.2, 0) is 5.60 Å². The minimum absolute atomic E-state index is 0.582. The van der Waals surface area contributed by atoms with Crippen molar-refractivity contribution in [3.05, 3.63) is 34.9 Å². The maximum atomic E-state index is 10.5. The van der Waals surface area contributed by atoms with E-state index >= 15 is 0 Å². The third-order valence-corrected chi connectivity index (χ3v) is 3.06. The predicted molar refractivity (Wildman–Crippen MR) is 68.8 cm³/mol. The number of hydrogen-bond acceptors (Lipinski definition) is 2. The second-order valence-electron chi connectivity index (χ2n) is 4.07. The third-order valence-electron chi connectivity index (χ3n) is 2.81. The summed E-state index contributed by atoms with van der Waals surface area (Å²) in [5, 5.41) is 14.5. The van der Waals surface area contributed by atoms with Crippen molar-refractivity contribution in [3.8, 4) is 0 Å². The van der Waals surface area contributed by atoms with E-state index in [0.29, 0.717) is 18.0 Å². The maximum Gasteiger partial charge on any atom is 0.102 e. The lowest BCUT2D eigenvalue weighted by Gasteiger charge is -2.27. The normalized spacial score (nSPS) is 14.8. The van der Waals surface area contributed by atoms with Gasteiger partial charge in [0.2, 0.25) is 0 Å². The number of halogens is 1. The summed E-state index contributed by atoms with van der Waals surface area (Å²) in [6, 6.07) is 7.41. The van der Waals surface area contributed by atoms with E-state index in [0.717, 1.165) is 18.5 Å². The van der Waals surface area contributed by atoms with Crippen LogP contribution in [0, 0.1) is 0 Å². The van der Waals surface area contributed by atoms with Crippen LogP contribution in [0.3, 0.4) is 0 Å². The molecule has 1 unspecified atom stereocenters. The van der Waals surface area contributed by atoms with Gasteiger partial charge in [0, 0.05) is 11.6 Å². The molecule has 0 saturated carbocycles. The van der Waals surface area contributed by atoms with E-state index in [2.05, 4.69) is 12.2 Å². The summed E-state index contributed by atoms with van der Waals surface area (Å²) < 4.78 is 0. The average Bonchev–Trinajstić information content (AvgIpc) is 2.30. The number of hydrogen-bond donors (Lipinski definition) is 2. The molecular formula is C13H20ClNO. The Kier molecular flexibility index (Phi) is 5.26. The van der Waals surface area contributed by atoms with E-state index in [4.69, 9.17) is 11.6 Å². The highest BCUT2D eigenvalue weighted by Crippen LogP contribution is 2.25. The lowest BCUT2D eigenvalue weighted by atomic mass is 9.91. The van der Waals surface area contributed by atoms with Crippen molar-refractivity contribution in [1.29, 1.82) is 0 Å². The van der Waals surface area contributed by atoms with E-state index < -0.39 is 5.60 Å². The van der Waals surface area contributed by atoms with Crippen LogP contribution in [0.5, 0.6) is 0 Å². The Morgan fingerprint density at radius 3 is 2.38 bits per heavy atom. The van der Waals surface area contributed by atoms with Crippen molar-refractivity contribution < 1.29 is 5.11 Å². The molecule has 0 aliphatic rings. The van der Waals surface area contributed by atoms with Crippen molar-refractivity contribution in [2.45, 2.75) is 32.3 Å². The Morgan fingerprint density at radius 1 is 1.25 bits per heavy atom. The summed E-state index contributed by atoms with van der Waals surface area (Å²) in [4.78, 5) is 0. The molecule has 0 radical (unpaired) electrons. The Morgan fingerprint density at radius 2 is 1.88 bits per heavy atom. The molecule has 16 heavy (non-hydrogen) atoms. The van der Waals surface area contributed by atoms with Crippen LogP contribution in [-0.4, -0.2) is 18.2 Å². The average molecular weight is 242 g/mol. The molecule has 90 valence electrons. The van der Waals surface area contributed by atoms with Crippen molar-refractivity contribution in [2.24, 2.45) is 0 Å². The first-order valence-electron chi connectivity index (χ1n) is 5.81. The first-order chi connectivity index (χ1) is 7.62. The Balaban J connectivity index is 2.74. The molecule has 3 heteroatoms. The molecule has 2 nitrogen and oxygen atoms in total. The van der Waals surface area contributed by atoms with Crippen LogP contribution in [0.25, 0.3) is 0 Å². The minimum Gasteiger partial charge on any atom is -0.384 e. The summed E-state index contributed by atoms with van der Waals surface area (Å²) in [5.74, 6) is 0. The fraction of sp³-hybridized carbons (Fsp3) is 0.538. The summed E-state index contributed by atoms with van der Waals surface area (Å²) in [6.45, 7) is 5.61. The van der Waals surface area contributed by atoms with Gasteiger partial charge >= 0.3 is 0 Å². The topological polar surface area (TPSA) is 32.3 Å². The number of aliphatic hydroxyl groups is 1. The first-order valence-corrected chi connectivity index (χ1v) is 6.19. The second kappa shape index (κ2) is 6.24. The number of benzene rings is 1. The van der Waals surface area contributed by atoms with Gasteiger partial charge in [0.15, 0.2) is 0 Å². The van der Waals surface area contributed by atoms with Crippen LogP contribution in [0.1, 0.15) is 32.3 Å². The molecule has 2 N–H and O–H groups in total. The molecule has 0 heterocycles. The zero-order valence-corrected chi connectivity index (χ0v) is 10.7. The Hall–Kier alpha value is -0.570. The van der Waals surface area contributed by atoms with Crippen molar-refractivity contribution in [2.75, 3.05) is 13.1 Å².